The zero-order valence-electron chi connectivity index (χ0n) is 15.2. The zero-order valence-corrected chi connectivity index (χ0v) is 15.2. The molecule has 1 rings (SSSR count). The molecule has 7 nitrogen and oxygen atoms in total. The lowest BCUT2D eigenvalue weighted by Crippen LogP contribution is -2.32. The van der Waals surface area contributed by atoms with Crippen LogP contribution >= 0.6 is 0 Å². The van der Waals surface area contributed by atoms with Gasteiger partial charge in [-0.2, -0.15) is 0 Å². The summed E-state index contributed by atoms with van der Waals surface area (Å²) in [6, 6.07) is 5.39. The molecule has 0 heterocycles. The van der Waals surface area contributed by atoms with Crippen LogP contribution in [0.4, 0.5) is 0 Å². The van der Waals surface area contributed by atoms with Crippen LogP contribution < -0.4 is 15.8 Å². The minimum atomic E-state index is -0.723. The van der Waals surface area contributed by atoms with Gasteiger partial charge in [0.2, 0.25) is 5.91 Å². The second-order valence-corrected chi connectivity index (χ2v) is 5.80. The predicted molar refractivity (Wildman–Crippen MR) is 98.9 cm³/mol. The second kappa shape index (κ2) is 12.1. The fourth-order valence-electron chi connectivity index (χ4n) is 2.34. The number of aliphatic hydroxyl groups excluding tert-OH is 1. The number of allylic oxidation sites excluding steroid dienone is 1. The van der Waals surface area contributed by atoms with Gasteiger partial charge in [0.1, 0.15) is 18.5 Å². The van der Waals surface area contributed by atoms with Crippen molar-refractivity contribution >= 4 is 11.9 Å². The van der Waals surface area contributed by atoms with E-state index in [4.69, 9.17) is 15.2 Å². The number of carbonyl (C=O) groups excluding carboxylic acids is 2. The van der Waals surface area contributed by atoms with E-state index < -0.39 is 12.0 Å². The highest BCUT2D eigenvalue weighted by Gasteiger charge is 2.10. The molecule has 1 aromatic rings. The van der Waals surface area contributed by atoms with Gasteiger partial charge in [-0.1, -0.05) is 18.2 Å². The van der Waals surface area contributed by atoms with Crippen molar-refractivity contribution in [2.24, 2.45) is 5.73 Å². The van der Waals surface area contributed by atoms with E-state index in [-0.39, 0.29) is 25.4 Å². The first kappa shape index (κ1) is 21.7. The molecule has 0 bridgehead atoms. The van der Waals surface area contributed by atoms with E-state index in [0.717, 1.165) is 11.1 Å². The molecular formula is C19H28N2O5. The molecule has 0 aliphatic carbocycles. The SMILES string of the molecule is C=CCc1cc(CC(N)=O)ccc1OCC(O)CNCCC(=O)OCC. The average molecular weight is 364 g/mol. The third-order valence-electron chi connectivity index (χ3n) is 3.49. The molecule has 26 heavy (non-hydrogen) atoms. The zero-order chi connectivity index (χ0) is 19.4. The van der Waals surface area contributed by atoms with E-state index in [1.54, 1.807) is 25.1 Å². The number of ether oxygens (including phenoxy) is 2. The van der Waals surface area contributed by atoms with Gasteiger partial charge in [0.25, 0.3) is 0 Å². The number of primary amides is 1. The normalized spacial score (nSPS) is 11.6. The van der Waals surface area contributed by atoms with E-state index >= 15 is 0 Å². The van der Waals surface area contributed by atoms with Crippen molar-refractivity contribution in [3.05, 3.63) is 42.0 Å². The highest BCUT2D eigenvalue weighted by Crippen LogP contribution is 2.22. The van der Waals surface area contributed by atoms with Crippen LogP contribution in [0.5, 0.6) is 5.75 Å². The van der Waals surface area contributed by atoms with Gasteiger partial charge in [-0.3, -0.25) is 9.59 Å². The molecule has 1 amide bonds. The molecule has 0 aromatic heterocycles. The number of aliphatic hydroxyl groups is 1. The summed E-state index contributed by atoms with van der Waals surface area (Å²) in [5.41, 5.74) is 6.90. The molecule has 0 aliphatic rings. The minimum absolute atomic E-state index is 0.103. The van der Waals surface area contributed by atoms with Crippen molar-refractivity contribution in [2.75, 3.05) is 26.3 Å². The second-order valence-electron chi connectivity index (χ2n) is 5.80. The maximum absolute atomic E-state index is 11.2. The molecule has 0 aliphatic heterocycles. The minimum Gasteiger partial charge on any atom is -0.491 e. The predicted octanol–water partition coefficient (Wildman–Crippen LogP) is 0.725. The summed E-state index contributed by atoms with van der Waals surface area (Å²) >= 11 is 0. The van der Waals surface area contributed by atoms with E-state index in [9.17, 15) is 14.7 Å². The van der Waals surface area contributed by atoms with Crippen molar-refractivity contribution in [3.63, 3.8) is 0 Å². The highest BCUT2D eigenvalue weighted by molar-refractivity contribution is 5.76. The van der Waals surface area contributed by atoms with Crippen molar-refractivity contribution in [3.8, 4) is 5.75 Å². The lowest BCUT2D eigenvalue weighted by Gasteiger charge is -2.16. The first-order valence-electron chi connectivity index (χ1n) is 8.64. The van der Waals surface area contributed by atoms with E-state index in [1.807, 2.05) is 6.07 Å². The van der Waals surface area contributed by atoms with Crippen LogP contribution in [0.2, 0.25) is 0 Å². The van der Waals surface area contributed by atoms with Crippen LogP contribution in [0.3, 0.4) is 0 Å². The molecule has 0 spiro atoms. The molecule has 1 atom stereocenters. The molecule has 0 saturated heterocycles. The van der Waals surface area contributed by atoms with Gasteiger partial charge < -0.3 is 25.6 Å². The van der Waals surface area contributed by atoms with Gasteiger partial charge in [-0.25, -0.2) is 0 Å². The summed E-state index contributed by atoms with van der Waals surface area (Å²) in [7, 11) is 0. The highest BCUT2D eigenvalue weighted by atomic mass is 16.5. The van der Waals surface area contributed by atoms with Gasteiger partial charge in [0, 0.05) is 13.1 Å². The Kier molecular flexibility index (Phi) is 10.0. The molecule has 1 aromatic carbocycles. The van der Waals surface area contributed by atoms with E-state index in [1.165, 1.54) is 0 Å². The molecule has 0 radical (unpaired) electrons. The van der Waals surface area contributed by atoms with Crippen molar-refractivity contribution < 1.29 is 24.2 Å². The number of hydrogen-bond donors (Lipinski definition) is 3. The Morgan fingerprint density at radius 1 is 1.42 bits per heavy atom. The fraction of sp³-hybridized carbons (Fsp3) is 0.474. The van der Waals surface area contributed by atoms with E-state index in [0.29, 0.717) is 31.9 Å². The van der Waals surface area contributed by atoms with Gasteiger partial charge in [-0.15, -0.1) is 6.58 Å². The van der Waals surface area contributed by atoms with Crippen LogP contribution in [0, 0.1) is 0 Å². The molecule has 4 N–H and O–H groups in total. The molecule has 7 heteroatoms. The van der Waals surface area contributed by atoms with Gasteiger partial charge in [0.05, 0.1) is 19.4 Å². The Bertz CT molecular complexity index is 604. The number of benzene rings is 1. The molecule has 0 saturated carbocycles. The smallest absolute Gasteiger partial charge is 0.307 e. The Morgan fingerprint density at radius 2 is 2.19 bits per heavy atom. The van der Waals surface area contributed by atoms with Crippen LogP contribution in [0.15, 0.2) is 30.9 Å². The third-order valence-corrected chi connectivity index (χ3v) is 3.49. The first-order chi connectivity index (χ1) is 12.5. The molecule has 0 fully saturated rings. The summed E-state index contributed by atoms with van der Waals surface area (Å²) < 4.78 is 10.5. The Morgan fingerprint density at radius 3 is 2.85 bits per heavy atom. The topological polar surface area (TPSA) is 111 Å². The van der Waals surface area contributed by atoms with Gasteiger partial charge in [0.15, 0.2) is 0 Å². The van der Waals surface area contributed by atoms with Crippen LogP contribution in [-0.2, 0) is 27.2 Å². The van der Waals surface area contributed by atoms with Crippen molar-refractivity contribution in [1.82, 2.24) is 5.32 Å². The summed E-state index contributed by atoms with van der Waals surface area (Å²) in [5.74, 6) is -0.0351. The molecule has 1 unspecified atom stereocenters. The number of nitrogens with two attached hydrogens (primary N) is 1. The monoisotopic (exact) mass is 364 g/mol. The number of hydrogen-bond acceptors (Lipinski definition) is 6. The lowest BCUT2D eigenvalue weighted by molar-refractivity contribution is -0.143. The summed E-state index contributed by atoms with van der Waals surface area (Å²) in [5, 5.41) is 13.0. The summed E-state index contributed by atoms with van der Waals surface area (Å²) in [6.45, 7) is 6.67. The number of amides is 1. The van der Waals surface area contributed by atoms with Crippen molar-refractivity contribution in [1.29, 1.82) is 0 Å². The van der Waals surface area contributed by atoms with Crippen molar-refractivity contribution in [2.45, 2.75) is 32.3 Å². The Labute approximate surface area is 154 Å². The number of esters is 1. The van der Waals surface area contributed by atoms with Crippen LogP contribution in [-0.4, -0.2) is 49.4 Å². The maximum Gasteiger partial charge on any atom is 0.307 e. The summed E-state index contributed by atoms with van der Waals surface area (Å²) in [4.78, 5) is 22.2. The Balaban J connectivity index is 2.46. The summed E-state index contributed by atoms with van der Waals surface area (Å²) in [6.07, 6.45) is 2.02. The number of rotatable bonds is 13. The number of carbonyl (C=O) groups is 2. The van der Waals surface area contributed by atoms with Gasteiger partial charge in [-0.05, 0) is 30.5 Å². The van der Waals surface area contributed by atoms with Crippen LogP contribution in [0.25, 0.3) is 0 Å². The largest absolute Gasteiger partial charge is 0.491 e. The van der Waals surface area contributed by atoms with Crippen LogP contribution in [0.1, 0.15) is 24.5 Å². The molecular weight excluding hydrogens is 336 g/mol. The quantitative estimate of drug-likeness (QED) is 0.270. The third kappa shape index (κ3) is 8.64. The maximum atomic E-state index is 11.2. The number of nitrogens with one attached hydrogen (secondary N) is 1. The average Bonchev–Trinajstić information content (AvgIpc) is 2.58. The first-order valence-corrected chi connectivity index (χ1v) is 8.64. The Hall–Kier alpha value is -2.38. The lowest BCUT2D eigenvalue weighted by atomic mass is 10.0. The van der Waals surface area contributed by atoms with Gasteiger partial charge >= 0.3 is 5.97 Å². The van der Waals surface area contributed by atoms with E-state index in [2.05, 4.69) is 11.9 Å². The standard InChI is InChI=1S/C19H28N2O5/c1-3-5-15-10-14(11-18(20)23)6-7-17(15)26-13-16(22)12-21-9-8-19(24)25-4-2/h3,6-7,10,16,21-22H,1,4-5,8-9,11-13H2,2H3,(H2,20,23). The fourth-order valence-corrected chi connectivity index (χ4v) is 2.34. The molecule has 144 valence electrons.